The summed E-state index contributed by atoms with van der Waals surface area (Å²) in [4.78, 5) is 62.6. The Labute approximate surface area is 199 Å². The number of carbonyl (C=O) groups is 5. The van der Waals surface area contributed by atoms with Crippen molar-refractivity contribution in [2.45, 2.75) is 45.6 Å². The first kappa shape index (κ1) is 23.6. The van der Waals surface area contributed by atoms with Gasteiger partial charge in [0.25, 0.3) is 6.29 Å². The lowest BCUT2D eigenvalue weighted by molar-refractivity contribution is -0.176. The van der Waals surface area contributed by atoms with Crippen molar-refractivity contribution < 1.29 is 38.2 Å². The molecule has 2 amide bonds. The Kier molecular flexibility index (Phi) is 6.47. The molecule has 34 heavy (non-hydrogen) atoms. The number of hydrogen-bond donors (Lipinski definition) is 1. The topological polar surface area (TPSA) is 128 Å². The third kappa shape index (κ3) is 4.30. The molecule has 1 N–H and O–H groups in total. The van der Waals surface area contributed by atoms with Gasteiger partial charge in [0.2, 0.25) is 11.8 Å². The van der Waals surface area contributed by atoms with E-state index in [0.29, 0.717) is 22.5 Å². The molecule has 3 aliphatic rings. The molecule has 0 aliphatic carbocycles. The van der Waals surface area contributed by atoms with Crippen LogP contribution in [0.15, 0.2) is 46.5 Å². The number of benzene rings is 1. The van der Waals surface area contributed by atoms with Crippen molar-refractivity contribution in [3.63, 3.8) is 0 Å². The van der Waals surface area contributed by atoms with E-state index in [9.17, 15) is 24.0 Å². The second-order valence-electron chi connectivity index (χ2n) is 7.94. The molecule has 0 radical (unpaired) electrons. The van der Waals surface area contributed by atoms with Crippen molar-refractivity contribution >= 4 is 41.5 Å². The summed E-state index contributed by atoms with van der Waals surface area (Å²) in [6.45, 7) is 4.26. The van der Waals surface area contributed by atoms with Crippen LogP contribution in [-0.2, 0) is 33.4 Å². The molecule has 1 aromatic rings. The third-order valence-corrected chi connectivity index (χ3v) is 6.56. The van der Waals surface area contributed by atoms with Gasteiger partial charge in [0.05, 0.1) is 17.5 Å². The number of hydrogen-bond acceptors (Lipinski definition) is 9. The van der Waals surface area contributed by atoms with E-state index in [1.807, 2.05) is 0 Å². The third-order valence-electron chi connectivity index (χ3n) is 5.65. The average molecular weight is 487 g/mol. The van der Waals surface area contributed by atoms with E-state index < -0.39 is 36.2 Å². The molecule has 0 saturated carbocycles. The van der Waals surface area contributed by atoms with Gasteiger partial charge in [-0.15, -0.1) is 0 Å². The zero-order valence-electron chi connectivity index (χ0n) is 18.6. The summed E-state index contributed by atoms with van der Waals surface area (Å²) in [5.74, 6) is -3.15. The molecule has 1 fully saturated rings. The van der Waals surface area contributed by atoms with Crippen molar-refractivity contribution in [2.24, 2.45) is 5.92 Å². The van der Waals surface area contributed by atoms with Crippen LogP contribution in [0.4, 0.5) is 0 Å². The van der Waals surface area contributed by atoms with E-state index in [2.05, 4.69) is 5.32 Å². The largest absolute Gasteiger partial charge is 0.462 e. The molecule has 0 aromatic heterocycles. The first-order valence-electron chi connectivity index (χ1n) is 10.5. The van der Waals surface area contributed by atoms with Crippen molar-refractivity contribution in [3.05, 3.63) is 57.6 Å². The maximum absolute atomic E-state index is 13.2. The van der Waals surface area contributed by atoms with E-state index in [1.165, 1.54) is 24.9 Å². The minimum atomic E-state index is -1.23. The van der Waals surface area contributed by atoms with Crippen molar-refractivity contribution in [2.75, 3.05) is 0 Å². The molecule has 3 heterocycles. The van der Waals surface area contributed by atoms with Gasteiger partial charge >= 0.3 is 17.9 Å². The maximum atomic E-state index is 13.2. The van der Waals surface area contributed by atoms with Crippen LogP contribution in [0, 0.1) is 5.92 Å². The fraction of sp³-hybridized carbons (Fsp3) is 0.348. The predicted molar refractivity (Wildman–Crippen MR) is 118 cm³/mol. The van der Waals surface area contributed by atoms with Gasteiger partial charge in [0, 0.05) is 36.9 Å². The molecule has 0 spiro atoms. The van der Waals surface area contributed by atoms with Gasteiger partial charge in [-0.25, -0.2) is 9.59 Å². The Morgan fingerprint density at radius 2 is 1.97 bits per heavy atom. The number of fused-ring (bicyclic) bond motifs is 2. The second-order valence-corrected chi connectivity index (χ2v) is 8.94. The molecule has 178 valence electrons. The van der Waals surface area contributed by atoms with Crippen LogP contribution >= 0.6 is 11.8 Å². The number of esters is 3. The van der Waals surface area contributed by atoms with Gasteiger partial charge < -0.3 is 24.4 Å². The zero-order chi connectivity index (χ0) is 24.6. The number of amides is 2. The van der Waals surface area contributed by atoms with Crippen molar-refractivity contribution in [1.29, 1.82) is 0 Å². The van der Waals surface area contributed by atoms with Crippen LogP contribution in [0.2, 0.25) is 0 Å². The number of cyclic esters (lactones) is 1. The molecular weight excluding hydrogens is 464 g/mol. The average Bonchev–Trinajstić information content (AvgIpc) is 3.26. The molecule has 11 heteroatoms. The normalized spacial score (nSPS) is 23.7. The second kappa shape index (κ2) is 9.34. The highest BCUT2D eigenvalue weighted by atomic mass is 32.2. The van der Waals surface area contributed by atoms with Crippen LogP contribution in [-0.4, -0.2) is 46.8 Å². The van der Waals surface area contributed by atoms with Crippen LogP contribution < -0.4 is 5.32 Å². The van der Waals surface area contributed by atoms with Crippen LogP contribution in [0.5, 0.6) is 0 Å². The monoisotopic (exact) mass is 486 g/mol. The Bertz CT molecular complexity index is 1140. The lowest BCUT2D eigenvalue weighted by atomic mass is 9.83. The number of ether oxygens (including phenoxy) is 3. The van der Waals surface area contributed by atoms with Gasteiger partial charge in [-0.2, -0.15) is 0 Å². The number of β-lactam (4-membered cyclic amide) rings is 1. The molecule has 1 aromatic carbocycles. The minimum Gasteiger partial charge on any atom is -0.462 e. The lowest BCUT2D eigenvalue weighted by Crippen LogP contribution is -2.62. The molecule has 10 nitrogen and oxygen atoms in total. The number of thioether (sulfide) groups is 1. The number of nitrogens with one attached hydrogen (secondary N) is 1. The SMILES string of the molecule is CC(=O)NC=CSC1=C(C(=O)OC2OC(=O)c3ccccc32)N2C(=O)C(C(C)OC(C)=O)C2C1. The van der Waals surface area contributed by atoms with E-state index >= 15 is 0 Å². The van der Waals surface area contributed by atoms with E-state index in [1.54, 1.807) is 36.6 Å². The first-order chi connectivity index (χ1) is 16.2. The summed E-state index contributed by atoms with van der Waals surface area (Å²) in [6.07, 6.45) is -0.127. The fourth-order valence-electron chi connectivity index (χ4n) is 4.27. The smallest absolute Gasteiger partial charge is 0.359 e. The molecule has 3 aliphatic heterocycles. The summed E-state index contributed by atoms with van der Waals surface area (Å²) in [5.41, 5.74) is 0.771. The molecule has 4 rings (SSSR count). The van der Waals surface area contributed by atoms with Crippen LogP contribution in [0.3, 0.4) is 0 Å². The number of nitrogens with zero attached hydrogens (tertiary/aromatic N) is 1. The van der Waals surface area contributed by atoms with Crippen LogP contribution in [0.25, 0.3) is 0 Å². The minimum absolute atomic E-state index is 0.0409. The quantitative estimate of drug-likeness (QED) is 0.455. The predicted octanol–water partition coefficient (Wildman–Crippen LogP) is 2.13. The van der Waals surface area contributed by atoms with E-state index in [-0.39, 0.29) is 23.6 Å². The summed E-state index contributed by atoms with van der Waals surface area (Å²) < 4.78 is 15.9. The summed E-state index contributed by atoms with van der Waals surface area (Å²) in [6, 6.07) is 6.18. The fourth-order valence-corrected chi connectivity index (χ4v) is 5.13. The highest BCUT2D eigenvalue weighted by Gasteiger charge is 2.58. The lowest BCUT2D eigenvalue weighted by Gasteiger charge is -2.45. The summed E-state index contributed by atoms with van der Waals surface area (Å²) in [5, 5.41) is 4.09. The van der Waals surface area contributed by atoms with Crippen molar-refractivity contribution in [1.82, 2.24) is 10.2 Å². The van der Waals surface area contributed by atoms with Gasteiger partial charge in [-0.05, 0) is 18.4 Å². The molecule has 0 bridgehead atoms. The van der Waals surface area contributed by atoms with Gasteiger partial charge in [0.15, 0.2) is 0 Å². The van der Waals surface area contributed by atoms with E-state index in [0.717, 1.165) is 11.8 Å². The Balaban J connectivity index is 1.57. The van der Waals surface area contributed by atoms with Gasteiger partial charge in [-0.3, -0.25) is 14.4 Å². The highest BCUT2D eigenvalue weighted by Crippen LogP contribution is 2.48. The van der Waals surface area contributed by atoms with Gasteiger partial charge in [-0.1, -0.05) is 30.0 Å². The Hall–Kier alpha value is -3.60. The Morgan fingerprint density at radius 3 is 2.68 bits per heavy atom. The Morgan fingerprint density at radius 1 is 1.24 bits per heavy atom. The molecule has 4 atom stereocenters. The van der Waals surface area contributed by atoms with E-state index in [4.69, 9.17) is 14.2 Å². The first-order valence-corrected chi connectivity index (χ1v) is 11.4. The maximum Gasteiger partial charge on any atom is 0.359 e. The highest BCUT2D eigenvalue weighted by molar-refractivity contribution is 8.05. The molecule has 4 unspecified atom stereocenters. The van der Waals surface area contributed by atoms with Crippen LogP contribution in [0.1, 0.15) is 49.4 Å². The summed E-state index contributed by atoms with van der Waals surface area (Å²) in [7, 11) is 0. The van der Waals surface area contributed by atoms with Crippen molar-refractivity contribution in [3.8, 4) is 0 Å². The standard InChI is InChI=1S/C23H22N2O8S/c1-11(31-13(3)27)18-16-10-17(34-9-8-24-12(2)26)19(25(16)20(18)28)22(30)33-23-15-7-5-4-6-14(15)21(29)32-23/h4-9,11,16,18,23H,10H2,1-3H3,(H,24,26). The molecular formula is C23H22N2O8S. The molecule has 1 saturated heterocycles. The van der Waals surface area contributed by atoms with Gasteiger partial charge in [0.1, 0.15) is 11.8 Å². The summed E-state index contributed by atoms with van der Waals surface area (Å²) >= 11 is 1.16. The number of carbonyl (C=O) groups excluding carboxylic acids is 5. The number of rotatable bonds is 7. The zero-order valence-corrected chi connectivity index (χ0v) is 19.4.